The second kappa shape index (κ2) is 15.0. The van der Waals surface area contributed by atoms with Gasteiger partial charge >= 0.3 is 11.9 Å². The van der Waals surface area contributed by atoms with Gasteiger partial charge in [0.2, 0.25) is 17.7 Å². The molecule has 0 radical (unpaired) electrons. The predicted octanol–water partition coefficient (Wildman–Crippen LogP) is -0.908. The summed E-state index contributed by atoms with van der Waals surface area (Å²) < 4.78 is 0. The van der Waals surface area contributed by atoms with Crippen molar-refractivity contribution in [3.8, 4) is 0 Å². The summed E-state index contributed by atoms with van der Waals surface area (Å²) >= 11 is 1.39. The molecule has 0 saturated carbocycles. The van der Waals surface area contributed by atoms with Gasteiger partial charge in [0.25, 0.3) is 0 Å². The molecule has 0 aliphatic heterocycles. The summed E-state index contributed by atoms with van der Waals surface area (Å²) in [6.07, 6.45) is 4.72. The monoisotopic (exact) mass is 514 g/mol. The minimum Gasteiger partial charge on any atom is -0.481 e. The summed E-state index contributed by atoms with van der Waals surface area (Å²) in [5, 5.41) is 25.8. The summed E-state index contributed by atoms with van der Waals surface area (Å²) in [5.41, 5.74) is 6.58. The maximum Gasteiger partial charge on any atom is 0.326 e. The zero-order valence-corrected chi connectivity index (χ0v) is 20.8. The third-order valence-electron chi connectivity index (χ3n) is 5.36. The molecule has 1 rings (SSSR count). The van der Waals surface area contributed by atoms with Crippen LogP contribution in [0.3, 0.4) is 0 Å². The molecule has 0 bridgehead atoms. The summed E-state index contributed by atoms with van der Waals surface area (Å²) in [5.74, 6) is -4.90. The van der Waals surface area contributed by atoms with E-state index in [-0.39, 0.29) is 18.8 Å². The SMILES string of the molecule is CCC(C)C(NC(=O)C(N)Cc1cnc[nH]1)C(=O)NC(CC(=O)O)C(=O)NC(CCSC)C(=O)O. The number of aromatic amines is 1. The smallest absolute Gasteiger partial charge is 0.326 e. The number of rotatable bonds is 16. The van der Waals surface area contributed by atoms with E-state index in [2.05, 4.69) is 25.9 Å². The molecule has 196 valence electrons. The zero-order valence-electron chi connectivity index (χ0n) is 19.9. The van der Waals surface area contributed by atoms with Crippen molar-refractivity contribution in [2.75, 3.05) is 12.0 Å². The molecule has 35 heavy (non-hydrogen) atoms. The number of hydrogen-bond acceptors (Lipinski definition) is 8. The van der Waals surface area contributed by atoms with E-state index in [4.69, 9.17) is 5.73 Å². The van der Waals surface area contributed by atoms with Crippen LogP contribution in [0.5, 0.6) is 0 Å². The quantitative estimate of drug-likeness (QED) is 0.144. The molecule has 3 amide bonds. The van der Waals surface area contributed by atoms with E-state index in [1.165, 1.54) is 24.3 Å². The Hall–Kier alpha value is -3.13. The number of carbonyl (C=O) groups is 5. The number of aromatic nitrogens is 2. The number of hydrogen-bond donors (Lipinski definition) is 7. The van der Waals surface area contributed by atoms with Crippen molar-refractivity contribution < 1.29 is 34.2 Å². The number of nitrogens with zero attached hydrogens (tertiary/aromatic N) is 1. The normalized spacial score (nSPS) is 15.2. The lowest BCUT2D eigenvalue weighted by atomic mass is 9.97. The molecule has 0 aliphatic carbocycles. The number of imidazole rings is 1. The maximum atomic E-state index is 13.0. The van der Waals surface area contributed by atoms with E-state index in [0.717, 1.165) is 0 Å². The van der Waals surface area contributed by atoms with E-state index in [9.17, 15) is 34.2 Å². The first-order valence-corrected chi connectivity index (χ1v) is 12.5. The Kier molecular flexibility index (Phi) is 12.8. The Morgan fingerprint density at radius 2 is 1.74 bits per heavy atom. The van der Waals surface area contributed by atoms with Crippen LogP contribution in [-0.4, -0.2) is 86.0 Å². The van der Waals surface area contributed by atoms with E-state index in [0.29, 0.717) is 17.9 Å². The van der Waals surface area contributed by atoms with Crippen molar-refractivity contribution in [1.82, 2.24) is 25.9 Å². The van der Waals surface area contributed by atoms with Crippen LogP contribution < -0.4 is 21.7 Å². The van der Waals surface area contributed by atoms with Crippen LogP contribution in [0.15, 0.2) is 12.5 Å². The molecule has 1 aromatic heterocycles. The molecule has 5 unspecified atom stereocenters. The Balaban J connectivity index is 2.96. The Morgan fingerprint density at radius 1 is 1.09 bits per heavy atom. The first-order valence-electron chi connectivity index (χ1n) is 11.1. The van der Waals surface area contributed by atoms with Crippen molar-refractivity contribution >= 4 is 41.4 Å². The van der Waals surface area contributed by atoms with Crippen molar-refractivity contribution in [2.45, 2.75) is 63.7 Å². The van der Waals surface area contributed by atoms with Gasteiger partial charge in [0.15, 0.2) is 0 Å². The van der Waals surface area contributed by atoms with Crippen LogP contribution in [-0.2, 0) is 30.4 Å². The van der Waals surface area contributed by atoms with Crippen molar-refractivity contribution in [3.05, 3.63) is 18.2 Å². The number of carbonyl (C=O) groups excluding carboxylic acids is 3. The van der Waals surface area contributed by atoms with Crippen molar-refractivity contribution in [2.24, 2.45) is 11.7 Å². The van der Waals surface area contributed by atoms with Crippen LogP contribution in [0.1, 0.15) is 38.8 Å². The number of amides is 3. The third-order valence-corrected chi connectivity index (χ3v) is 6.01. The molecular weight excluding hydrogens is 480 g/mol. The lowest BCUT2D eigenvalue weighted by Gasteiger charge is -2.27. The number of carboxylic acids is 2. The number of carboxylic acid groups (broad SMARTS) is 2. The summed E-state index contributed by atoms with van der Waals surface area (Å²) in [6.45, 7) is 3.51. The second-order valence-electron chi connectivity index (χ2n) is 8.10. The van der Waals surface area contributed by atoms with Crippen LogP contribution in [0.4, 0.5) is 0 Å². The summed E-state index contributed by atoms with van der Waals surface area (Å²) in [4.78, 5) is 67.8. The minimum atomic E-state index is -1.54. The van der Waals surface area contributed by atoms with Crippen molar-refractivity contribution in [1.29, 1.82) is 0 Å². The number of H-pyrrole nitrogens is 1. The Labute approximate surface area is 207 Å². The highest BCUT2D eigenvalue weighted by Gasteiger charge is 2.33. The van der Waals surface area contributed by atoms with Gasteiger partial charge < -0.3 is 36.9 Å². The van der Waals surface area contributed by atoms with Gasteiger partial charge in [-0.15, -0.1) is 0 Å². The predicted molar refractivity (Wildman–Crippen MR) is 128 cm³/mol. The maximum absolute atomic E-state index is 13.0. The van der Waals surface area contributed by atoms with Crippen LogP contribution in [0, 0.1) is 5.92 Å². The number of aliphatic carboxylic acids is 2. The Morgan fingerprint density at radius 3 is 2.26 bits per heavy atom. The summed E-state index contributed by atoms with van der Waals surface area (Å²) in [7, 11) is 0. The van der Waals surface area contributed by atoms with Gasteiger partial charge in [0, 0.05) is 18.3 Å². The van der Waals surface area contributed by atoms with E-state index in [1.54, 1.807) is 20.1 Å². The first kappa shape index (κ1) is 29.9. The topological polar surface area (TPSA) is 217 Å². The number of thioether (sulfide) groups is 1. The fraction of sp³-hybridized carbons (Fsp3) is 0.619. The molecule has 0 saturated heterocycles. The molecule has 13 nitrogen and oxygen atoms in total. The molecule has 0 aliphatic rings. The molecule has 5 atom stereocenters. The average Bonchev–Trinajstić information content (AvgIpc) is 3.31. The van der Waals surface area contributed by atoms with Crippen LogP contribution >= 0.6 is 11.8 Å². The second-order valence-corrected chi connectivity index (χ2v) is 9.08. The minimum absolute atomic E-state index is 0.121. The third kappa shape index (κ3) is 10.3. The number of nitrogens with one attached hydrogen (secondary N) is 4. The van der Waals surface area contributed by atoms with Crippen molar-refractivity contribution in [3.63, 3.8) is 0 Å². The Bertz CT molecular complexity index is 866. The largest absolute Gasteiger partial charge is 0.481 e. The van der Waals surface area contributed by atoms with E-state index < -0.39 is 60.2 Å². The van der Waals surface area contributed by atoms with Gasteiger partial charge in [-0.05, 0) is 24.3 Å². The highest BCUT2D eigenvalue weighted by Crippen LogP contribution is 2.10. The van der Waals surface area contributed by atoms with Gasteiger partial charge in [-0.25, -0.2) is 9.78 Å². The molecule has 1 aromatic rings. The zero-order chi connectivity index (χ0) is 26.5. The molecule has 0 spiro atoms. The molecular formula is C21H34N6O7S. The highest BCUT2D eigenvalue weighted by molar-refractivity contribution is 7.98. The van der Waals surface area contributed by atoms with Gasteiger partial charge in [0.1, 0.15) is 18.1 Å². The molecule has 0 fully saturated rings. The van der Waals surface area contributed by atoms with E-state index >= 15 is 0 Å². The molecule has 14 heteroatoms. The fourth-order valence-corrected chi connectivity index (χ4v) is 3.57. The molecule has 1 heterocycles. The first-order chi connectivity index (χ1) is 16.5. The van der Waals surface area contributed by atoms with Gasteiger partial charge in [0.05, 0.1) is 18.8 Å². The van der Waals surface area contributed by atoms with Gasteiger partial charge in [-0.2, -0.15) is 11.8 Å². The summed E-state index contributed by atoms with van der Waals surface area (Å²) in [6, 6.07) is -4.87. The van der Waals surface area contributed by atoms with Gasteiger partial charge in [-0.3, -0.25) is 19.2 Å². The number of nitrogens with two attached hydrogens (primary N) is 1. The van der Waals surface area contributed by atoms with Crippen LogP contribution in [0.25, 0.3) is 0 Å². The molecule has 8 N–H and O–H groups in total. The average molecular weight is 515 g/mol. The lowest BCUT2D eigenvalue weighted by molar-refractivity contribution is -0.143. The van der Waals surface area contributed by atoms with Gasteiger partial charge in [-0.1, -0.05) is 20.3 Å². The standard InChI is InChI=1S/C21H34N6O7S/c1-4-11(2)17(27-18(30)13(22)7-12-9-23-10-24-12)20(32)26-15(8-16(28)29)19(31)25-14(21(33)34)5-6-35-3/h9-11,13-15,17H,4-8,22H2,1-3H3,(H,23,24)(H,25,31)(H,26,32)(H,27,30)(H,28,29)(H,33,34). The van der Waals surface area contributed by atoms with Crippen LogP contribution in [0.2, 0.25) is 0 Å². The molecule has 0 aromatic carbocycles. The van der Waals surface area contributed by atoms with E-state index in [1.807, 2.05) is 0 Å². The fourth-order valence-electron chi connectivity index (χ4n) is 3.10. The lowest BCUT2D eigenvalue weighted by Crippen LogP contribution is -2.59. The highest BCUT2D eigenvalue weighted by atomic mass is 32.2.